The average molecular weight is 176 g/mol. The van der Waals surface area contributed by atoms with Gasteiger partial charge in [-0.1, -0.05) is 0 Å². The lowest BCUT2D eigenvalue weighted by Crippen LogP contribution is -1.83. The molecule has 2 aromatic rings. The van der Waals surface area contributed by atoms with Crippen LogP contribution in [0, 0.1) is 5.82 Å². The van der Waals surface area contributed by atoms with Crippen LogP contribution in [0.5, 0.6) is 0 Å². The number of halogens is 1. The Hall–Kier alpha value is -1.38. The Bertz CT molecular complexity index is 457. The molecule has 3 heteroatoms. The van der Waals surface area contributed by atoms with Gasteiger partial charge in [0.1, 0.15) is 11.5 Å². The van der Waals surface area contributed by atoms with Gasteiger partial charge in [0, 0.05) is 18.3 Å². The SMILES string of the molecule is Fc1ccc2nc(C3CC3)cn2c1. The van der Waals surface area contributed by atoms with Crippen LogP contribution in [0.1, 0.15) is 24.5 Å². The molecule has 2 heterocycles. The molecule has 3 rings (SSSR count). The third-order valence-electron chi connectivity index (χ3n) is 2.43. The third-order valence-corrected chi connectivity index (χ3v) is 2.43. The smallest absolute Gasteiger partial charge is 0.139 e. The van der Waals surface area contributed by atoms with E-state index in [1.807, 2.05) is 6.20 Å². The second-order valence-electron chi connectivity index (χ2n) is 3.55. The van der Waals surface area contributed by atoms with Crippen molar-refractivity contribution in [3.63, 3.8) is 0 Å². The standard InChI is InChI=1S/C10H9FN2/c11-8-3-4-10-12-9(7-1-2-7)6-13(10)5-8/h3-7H,1-2H2. The number of hydrogen-bond donors (Lipinski definition) is 0. The van der Waals surface area contributed by atoms with E-state index in [1.165, 1.54) is 25.1 Å². The summed E-state index contributed by atoms with van der Waals surface area (Å²) < 4.78 is 14.6. The average Bonchev–Trinajstić information content (AvgIpc) is 2.87. The van der Waals surface area contributed by atoms with Crippen LogP contribution in [0.2, 0.25) is 0 Å². The number of aromatic nitrogens is 2. The maximum Gasteiger partial charge on any atom is 0.139 e. The Balaban J connectivity index is 2.20. The predicted molar refractivity (Wildman–Crippen MR) is 47.1 cm³/mol. The Morgan fingerprint density at radius 3 is 2.92 bits per heavy atom. The van der Waals surface area contributed by atoms with Gasteiger partial charge in [0.2, 0.25) is 0 Å². The number of nitrogens with zero attached hydrogens (tertiary/aromatic N) is 2. The quantitative estimate of drug-likeness (QED) is 0.652. The molecule has 0 bridgehead atoms. The largest absolute Gasteiger partial charge is 0.304 e. The first-order valence-electron chi connectivity index (χ1n) is 4.47. The zero-order chi connectivity index (χ0) is 8.84. The fourth-order valence-corrected chi connectivity index (χ4v) is 1.56. The van der Waals surface area contributed by atoms with Crippen molar-refractivity contribution in [2.24, 2.45) is 0 Å². The van der Waals surface area contributed by atoms with E-state index in [1.54, 1.807) is 10.5 Å². The zero-order valence-electron chi connectivity index (χ0n) is 7.07. The van der Waals surface area contributed by atoms with E-state index in [4.69, 9.17) is 0 Å². The van der Waals surface area contributed by atoms with E-state index < -0.39 is 0 Å². The molecule has 0 spiro atoms. The third kappa shape index (κ3) is 1.11. The fraction of sp³-hybridized carbons (Fsp3) is 0.300. The molecule has 0 unspecified atom stereocenters. The molecule has 0 amide bonds. The molecule has 0 atom stereocenters. The van der Waals surface area contributed by atoms with Crippen molar-refractivity contribution in [1.29, 1.82) is 0 Å². The second kappa shape index (κ2) is 2.31. The van der Waals surface area contributed by atoms with Gasteiger partial charge in [-0.25, -0.2) is 9.37 Å². The number of hydrogen-bond acceptors (Lipinski definition) is 1. The number of rotatable bonds is 1. The van der Waals surface area contributed by atoms with Gasteiger partial charge in [0.25, 0.3) is 0 Å². The minimum absolute atomic E-state index is 0.216. The van der Waals surface area contributed by atoms with Crippen LogP contribution < -0.4 is 0 Å². The zero-order valence-corrected chi connectivity index (χ0v) is 7.07. The lowest BCUT2D eigenvalue weighted by molar-refractivity contribution is 0.619. The van der Waals surface area contributed by atoms with Gasteiger partial charge < -0.3 is 4.40 Å². The van der Waals surface area contributed by atoms with E-state index in [2.05, 4.69) is 4.98 Å². The summed E-state index contributed by atoms with van der Waals surface area (Å²) in [6, 6.07) is 3.15. The monoisotopic (exact) mass is 176 g/mol. The van der Waals surface area contributed by atoms with Gasteiger partial charge >= 0.3 is 0 Å². The summed E-state index contributed by atoms with van der Waals surface area (Å²) in [4.78, 5) is 4.41. The summed E-state index contributed by atoms with van der Waals surface area (Å²) in [6.07, 6.45) is 5.85. The lowest BCUT2D eigenvalue weighted by Gasteiger charge is -1.90. The van der Waals surface area contributed by atoms with Crippen LogP contribution >= 0.6 is 0 Å². The van der Waals surface area contributed by atoms with Crippen molar-refractivity contribution < 1.29 is 4.39 Å². The molecule has 2 aromatic heterocycles. The summed E-state index contributed by atoms with van der Waals surface area (Å²) in [7, 11) is 0. The molecule has 2 nitrogen and oxygen atoms in total. The van der Waals surface area contributed by atoms with Crippen molar-refractivity contribution >= 4 is 5.65 Å². The minimum atomic E-state index is -0.216. The summed E-state index contributed by atoms with van der Waals surface area (Å²) >= 11 is 0. The molecule has 1 aliphatic carbocycles. The molecule has 1 saturated carbocycles. The summed E-state index contributed by atoms with van der Waals surface area (Å²) in [5, 5.41) is 0. The molecule has 13 heavy (non-hydrogen) atoms. The van der Waals surface area contributed by atoms with Crippen LogP contribution in [0.3, 0.4) is 0 Å². The maximum atomic E-state index is 12.8. The summed E-state index contributed by atoms with van der Waals surface area (Å²) in [5.41, 5.74) is 1.94. The van der Waals surface area contributed by atoms with Crippen LogP contribution in [0.15, 0.2) is 24.5 Å². The first-order chi connectivity index (χ1) is 6.33. The van der Waals surface area contributed by atoms with Gasteiger partial charge in [-0.3, -0.25) is 0 Å². The number of imidazole rings is 1. The Labute approximate surface area is 75.0 Å². The van der Waals surface area contributed by atoms with Crippen LogP contribution in [-0.2, 0) is 0 Å². The van der Waals surface area contributed by atoms with Crippen LogP contribution in [0.25, 0.3) is 5.65 Å². The Morgan fingerprint density at radius 2 is 2.15 bits per heavy atom. The van der Waals surface area contributed by atoms with Gasteiger partial charge in [-0.2, -0.15) is 0 Å². The van der Waals surface area contributed by atoms with Gasteiger partial charge in [-0.05, 0) is 25.0 Å². The predicted octanol–water partition coefficient (Wildman–Crippen LogP) is 2.35. The molecule has 1 fully saturated rings. The van der Waals surface area contributed by atoms with Crippen molar-refractivity contribution in [1.82, 2.24) is 9.38 Å². The lowest BCUT2D eigenvalue weighted by atomic mass is 10.3. The molecule has 0 radical (unpaired) electrons. The molecule has 0 aromatic carbocycles. The molecule has 66 valence electrons. The van der Waals surface area contributed by atoms with E-state index in [0.29, 0.717) is 5.92 Å². The highest BCUT2D eigenvalue weighted by molar-refractivity contribution is 5.41. The Morgan fingerprint density at radius 1 is 1.31 bits per heavy atom. The van der Waals surface area contributed by atoms with E-state index in [9.17, 15) is 4.39 Å². The first kappa shape index (κ1) is 7.06. The Kier molecular flexibility index (Phi) is 1.26. The highest BCUT2D eigenvalue weighted by Gasteiger charge is 2.26. The normalized spacial score (nSPS) is 16.7. The highest BCUT2D eigenvalue weighted by atomic mass is 19.1. The van der Waals surface area contributed by atoms with E-state index >= 15 is 0 Å². The van der Waals surface area contributed by atoms with Gasteiger partial charge in [0.05, 0.1) is 5.69 Å². The van der Waals surface area contributed by atoms with Crippen molar-refractivity contribution in [3.8, 4) is 0 Å². The number of fused-ring (bicyclic) bond motifs is 1. The maximum absolute atomic E-state index is 12.8. The van der Waals surface area contributed by atoms with E-state index in [-0.39, 0.29) is 5.82 Å². The topological polar surface area (TPSA) is 17.3 Å². The molecule has 0 saturated heterocycles. The van der Waals surface area contributed by atoms with Crippen molar-refractivity contribution in [2.45, 2.75) is 18.8 Å². The molecule has 0 N–H and O–H groups in total. The molecular formula is C10H9FN2. The molecule has 1 aliphatic rings. The summed E-state index contributed by atoms with van der Waals surface area (Å²) in [5.74, 6) is 0.412. The van der Waals surface area contributed by atoms with E-state index in [0.717, 1.165) is 11.3 Å². The van der Waals surface area contributed by atoms with Crippen molar-refractivity contribution in [3.05, 3.63) is 36.0 Å². The molecular weight excluding hydrogens is 167 g/mol. The summed E-state index contributed by atoms with van der Waals surface area (Å²) in [6.45, 7) is 0. The van der Waals surface area contributed by atoms with Crippen LogP contribution in [-0.4, -0.2) is 9.38 Å². The van der Waals surface area contributed by atoms with Crippen LogP contribution in [0.4, 0.5) is 4.39 Å². The minimum Gasteiger partial charge on any atom is -0.304 e. The van der Waals surface area contributed by atoms with Gasteiger partial charge in [0.15, 0.2) is 0 Å². The second-order valence-corrected chi connectivity index (χ2v) is 3.55. The number of pyridine rings is 1. The van der Waals surface area contributed by atoms with Gasteiger partial charge in [-0.15, -0.1) is 0 Å². The fourth-order valence-electron chi connectivity index (χ4n) is 1.56. The molecule has 0 aliphatic heterocycles. The van der Waals surface area contributed by atoms with Crippen molar-refractivity contribution in [2.75, 3.05) is 0 Å². The first-order valence-corrected chi connectivity index (χ1v) is 4.47. The highest BCUT2D eigenvalue weighted by Crippen LogP contribution is 2.39.